The number of hydrogen-bond donors (Lipinski definition) is 1. The molecule has 0 aliphatic carbocycles. The molecule has 0 bridgehead atoms. The molecule has 3 heterocycles. The van der Waals surface area contributed by atoms with Crippen LogP contribution in [-0.4, -0.2) is 20.9 Å². The molecular weight excluding hydrogens is 212 g/mol. The highest BCUT2D eigenvalue weighted by Gasteiger charge is 2.19. The maximum atomic E-state index is 4.58. The topological polar surface area (TPSA) is 42.2 Å². The maximum absolute atomic E-state index is 4.58. The monoisotopic (exact) mass is 230 g/mol. The average Bonchev–Trinajstić information content (AvgIpc) is 2.96. The Morgan fingerprint density at radius 1 is 1.41 bits per heavy atom. The van der Waals surface area contributed by atoms with E-state index in [-0.39, 0.29) is 0 Å². The van der Waals surface area contributed by atoms with Gasteiger partial charge in [-0.05, 0) is 30.9 Å². The summed E-state index contributed by atoms with van der Waals surface area (Å²) in [5, 5.41) is 3.47. The summed E-state index contributed by atoms with van der Waals surface area (Å²) in [6.45, 7) is 5.46. The van der Waals surface area contributed by atoms with Crippen LogP contribution in [0.2, 0.25) is 0 Å². The Kier molecular flexibility index (Phi) is 2.59. The molecule has 90 valence electrons. The highest BCUT2D eigenvalue weighted by atomic mass is 15.1. The molecule has 1 saturated heterocycles. The SMILES string of the molecule is CC(C)c1cnc2nc(C3CCCN3)cn2c1. The van der Waals surface area contributed by atoms with Crippen LogP contribution in [0.4, 0.5) is 0 Å². The van der Waals surface area contributed by atoms with Gasteiger partial charge in [0.1, 0.15) is 0 Å². The average molecular weight is 230 g/mol. The summed E-state index contributed by atoms with van der Waals surface area (Å²) in [6, 6.07) is 0.416. The minimum absolute atomic E-state index is 0.416. The van der Waals surface area contributed by atoms with Crippen LogP contribution in [0, 0.1) is 0 Å². The molecule has 0 aromatic carbocycles. The lowest BCUT2D eigenvalue weighted by molar-refractivity contribution is 0.632. The first-order valence-electron chi connectivity index (χ1n) is 6.32. The second kappa shape index (κ2) is 4.11. The summed E-state index contributed by atoms with van der Waals surface area (Å²) >= 11 is 0. The Bertz CT molecular complexity index is 523. The predicted octanol–water partition coefficient (Wildman–Crippen LogP) is 2.28. The third-order valence-electron chi connectivity index (χ3n) is 3.43. The van der Waals surface area contributed by atoms with E-state index in [0.717, 1.165) is 18.0 Å². The number of hydrogen-bond acceptors (Lipinski definition) is 3. The van der Waals surface area contributed by atoms with Gasteiger partial charge in [-0.2, -0.15) is 0 Å². The van der Waals surface area contributed by atoms with Gasteiger partial charge in [0, 0.05) is 18.6 Å². The summed E-state index contributed by atoms with van der Waals surface area (Å²) in [5.41, 5.74) is 2.37. The van der Waals surface area contributed by atoms with Crippen molar-refractivity contribution in [3.8, 4) is 0 Å². The third-order valence-corrected chi connectivity index (χ3v) is 3.43. The fourth-order valence-corrected chi connectivity index (χ4v) is 2.32. The third kappa shape index (κ3) is 1.93. The van der Waals surface area contributed by atoms with E-state index in [1.807, 2.05) is 10.6 Å². The van der Waals surface area contributed by atoms with Crippen LogP contribution in [0.5, 0.6) is 0 Å². The van der Waals surface area contributed by atoms with Crippen molar-refractivity contribution in [1.82, 2.24) is 19.7 Å². The van der Waals surface area contributed by atoms with Gasteiger partial charge in [-0.1, -0.05) is 13.8 Å². The number of rotatable bonds is 2. The minimum Gasteiger partial charge on any atom is -0.309 e. The number of nitrogens with zero attached hydrogens (tertiary/aromatic N) is 3. The first-order chi connectivity index (χ1) is 8.24. The molecule has 4 nitrogen and oxygen atoms in total. The fraction of sp³-hybridized carbons (Fsp3) is 0.538. The van der Waals surface area contributed by atoms with E-state index in [2.05, 4.69) is 41.5 Å². The number of fused-ring (bicyclic) bond motifs is 1. The second-order valence-corrected chi connectivity index (χ2v) is 5.06. The van der Waals surface area contributed by atoms with Gasteiger partial charge >= 0.3 is 0 Å². The highest BCUT2D eigenvalue weighted by Crippen LogP contribution is 2.22. The van der Waals surface area contributed by atoms with Crippen LogP contribution in [0.3, 0.4) is 0 Å². The van der Waals surface area contributed by atoms with Crippen molar-refractivity contribution in [1.29, 1.82) is 0 Å². The van der Waals surface area contributed by atoms with Crippen molar-refractivity contribution in [2.45, 2.75) is 38.6 Å². The van der Waals surface area contributed by atoms with E-state index >= 15 is 0 Å². The zero-order chi connectivity index (χ0) is 11.8. The van der Waals surface area contributed by atoms with E-state index in [1.165, 1.54) is 18.4 Å². The quantitative estimate of drug-likeness (QED) is 0.860. The zero-order valence-corrected chi connectivity index (χ0v) is 10.3. The molecule has 2 aromatic rings. The van der Waals surface area contributed by atoms with Crippen LogP contribution in [-0.2, 0) is 0 Å². The van der Waals surface area contributed by atoms with Crippen LogP contribution in [0.15, 0.2) is 18.6 Å². The lowest BCUT2D eigenvalue weighted by Gasteiger charge is -2.04. The maximum Gasteiger partial charge on any atom is 0.233 e. The molecule has 1 atom stereocenters. The molecular formula is C13H18N4. The van der Waals surface area contributed by atoms with Gasteiger partial charge in [0.05, 0.1) is 11.7 Å². The Morgan fingerprint density at radius 2 is 2.29 bits per heavy atom. The molecule has 0 saturated carbocycles. The summed E-state index contributed by atoms with van der Waals surface area (Å²) < 4.78 is 2.05. The predicted molar refractivity (Wildman–Crippen MR) is 67.1 cm³/mol. The van der Waals surface area contributed by atoms with E-state index in [4.69, 9.17) is 0 Å². The van der Waals surface area contributed by atoms with Gasteiger partial charge in [0.15, 0.2) is 0 Å². The lowest BCUT2D eigenvalue weighted by Crippen LogP contribution is -2.12. The van der Waals surface area contributed by atoms with Gasteiger partial charge in [0.25, 0.3) is 0 Å². The molecule has 4 heteroatoms. The molecule has 1 aliphatic rings. The van der Waals surface area contributed by atoms with Crippen molar-refractivity contribution in [3.05, 3.63) is 29.8 Å². The van der Waals surface area contributed by atoms with Gasteiger partial charge in [-0.15, -0.1) is 0 Å². The Labute approximate surface area is 101 Å². The number of nitrogens with one attached hydrogen (secondary N) is 1. The Hall–Kier alpha value is -1.42. The number of aromatic nitrogens is 3. The summed E-state index contributed by atoms with van der Waals surface area (Å²) in [7, 11) is 0. The summed E-state index contributed by atoms with van der Waals surface area (Å²) in [4.78, 5) is 9.00. The summed E-state index contributed by atoms with van der Waals surface area (Å²) in [5.74, 6) is 1.31. The van der Waals surface area contributed by atoms with Crippen LogP contribution < -0.4 is 5.32 Å². The first kappa shape index (κ1) is 10.7. The van der Waals surface area contributed by atoms with Gasteiger partial charge < -0.3 is 5.32 Å². The van der Waals surface area contributed by atoms with Crippen LogP contribution in [0.1, 0.15) is 49.9 Å². The fourth-order valence-electron chi connectivity index (χ4n) is 2.32. The Morgan fingerprint density at radius 3 is 3.00 bits per heavy atom. The Balaban J connectivity index is 2.00. The molecule has 0 radical (unpaired) electrons. The van der Waals surface area contributed by atoms with E-state index in [0.29, 0.717) is 12.0 Å². The van der Waals surface area contributed by atoms with Crippen molar-refractivity contribution in [2.24, 2.45) is 0 Å². The molecule has 17 heavy (non-hydrogen) atoms. The molecule has 0 amide bonds. The lowest BCUT2D eigenvalue weighted by atomic mass is 10.1. The normalized spacial score (nSPS) is 20.5. The molecule has 1 unspecified atom stereocenters. The standard InChI is InChI=1S/C13H18N4/c1-9(2)10-6-15-13-16-12(8-17(13)7-10)11-4-3-5-14-11/h6-9,11,14H,3-5H2,1-2H3. The van der Waals surface area contributed by atoms with Gasteiger partial charge in [-0.25, -0.2) is 9.97 Å². The van der Waals surface area contributed by atoms with E-state index < -0.39 is 0 Å². The smallest absolute Gasteiger partial charge is 0.233 e. The minimum atomic E-state index is 0.416. The van der Waals surface area contributed by atoms with Crippen molar-refractivity contribution in [2.75, 3.05) is 6.54 Å². The van der Waals surface area contributed by atoms with Crippen molar-refractivity contribution in [3.63, 3.8) is 0 Å². The number of imidazole rings is 1. The largest absolute Gasteiger partial charge is 0.309 e. The highest BCUT2D eigenvalue weighted by molar-refractivity contribution is 5.33. The molecule has 2 aromatic heterocycles. The zero-order valence-electron chi connectivity index (χ0n) is 10.3. The van der Waals surface area contributed by atoms with Crippen LogP contribution >= 0.6 is 0 Å². The molecule has 0 spiro atoms. The summed E-state index contributed by atoms with van der Waals surface area (Å²) in [6.07, 6.45) is 8.60. The molecule has 1 fully saturated rings. The molecule has 1 N–H and O–H groups in total. The second-order valence-electron chi connectivity index (χ2n) is 5.06. The van der Waals surface area contributed by atoms with E-state index in [9.17, 15) is 0 Å². The van der Waals surface area contributed by atoms with Crippen molar-refractivity contribution < 1.29 is 0 Å². The van der Waals surface area contributed by atoms with Gasteiger partial charge in [-0.3, -0.25) is 4.40 Å². The first-order valence-corrected chi connectivity index (χ1v) is 6.32. The molecule has 1 aliphatic heterocycles. The van der Waals surface area contributed by atoms with Crippen molar-refractivity contribution >= 4 is 5.78 Å². The molecule has 3 rings (SSSR count). The van der Waals surface area contributed by atoms with Gasteiger partial charge in [0.2, 0.25) is 5.78 Å². The van der Waals surface area contributed by atoms with E-state index in [1.54, 1.807) is 0 Å². The van der Waals surface area contributed by atoms with Crippen LogP contribution in [0.25, 0.3) is 5.78 Å².